The number of nitrogens with two attached hydrogens (primary N) is 1. The number of rotatable bonds is 4. The summed E-state index contributed by atoms with van der Waals surface area (Å²) >= 11 is 0. The second-order valence-electron chi connectivity index (χ2n) is 4.45. The largest absolute Gasteiger partial charge is 0.366 e. The third-order valence-corrected chi connectivity index (χ3v) is 3.20. The number of amides is 3. The molecule has 19 heavy (non-hydrogen) atoms. The van der Waals surface area contributed by atoms with Gasteiger partial charge in [-0.25, -0.2) is 0 Å². The number of benzene rings is 1. The number of carbonyl (C=O) groups is 3. The van der Waals surface area contributed by atoms with Gasteiger partial charge in [-0.05, 0) is 11.6 Å². The molecule has 0 aliphatic carbocycles. The van der Waals surface area contributed by atoms with Crippen molar-refractivity contribution in [2.75, 3.05) is 7.05 Å². The van der Waals surface area contributed by atoms with Crippen molar-refractivity contribution in [3.63, 3.8) is 0 Å². The Kier molecular flexibility index (Phi) is 3.62. The fourth-order valence-electron chi connectivity index (χ4n) is 2.06. The first-order valence-corrected chi connectivity index (χ1v) is 5.92. The molecule has 1 aliphatic heterocycles. The van der Waals surface area contributed by atoms with Crippen LogP contribution < -0.4 is 11.1 Å². The summed E-state index contributed by atoms with van der Waals surface area (Å²) in [7, 11) is 1.46. The maximum absolute atomic E-state index is 11.7. The smallest absolute Gasteiger partial charge is 0.249 e. The van der Waals surface area contributed by atoms with Crippen molar-refractivity contribution in [1.82, 2.24) is 10.2 Å². The van der Waals surface area contributed by atoms with Crippen molar-refractivity contribution >= 4 is 17.7 Å². The fourth-order valence-corrected chi connectivity index (χ4v) is 2.06. The summed E-state index contributed by atoms with van der Waals surface area (Å²) < 4.78 is 0. The Morgan fingerprint density at radius 3 is 2.68 bits per heavy atom. The van der Waals surface area contributed by atoms with Gasteiger partial charge in [-0.3, -0.25) is 19.3 Å². The van der Waals surface area contributed by atoms with Gasteiger partial charge in [0.2, 0.25) is 17.7 Å². The lowest BCUT2D eigenvalue weighted by molar-refractivity contribution is -0.137. The second-order valence-corrected chi connectivity index (χ2v) is 4.45. The van der Waals surface area contributed by atoms with Gasteiger partial charge in [0.1, 0.15) is 0 Å². The molecule has 1 atom stereocenters. The number of primary amides is 1. The van der Waals surface area contributed by atoms with E-state index in [0.29, 0.717) is 17.7 Å². The molecule has 1 fully saturated rings. The Morgan fingerprint density at radius 1 is 1.42 bits per heavy atom. The van der Waals surface area contributed by atoms with Crippen molar-refractivity contribution in [3.8, 4) is 0 Å². The van der Waals surface area contributed by atoms with Crippen LogP contribution in [0.3, 0.4) is 0 Å². The highest BCUT2D eigenvalue weighted by Crippen LogP contribution is 2.13. The topological polar surface area (TPSA) is 92.5 Å². The molecule has 0 saturated carbocycles. The van der Waals surface area contributed by atoms with E-state index in [2.05, 4.69) is 5.32 Å². The van der Waals surface area contributed by atoms with Crippen LogP contribution in [0.4, 0.5) is 0 Å². The van der Waals surface area contributed by atoms with Gasteiger partial charge in [0.15, 0.2) is 0 Å². The molecule has 3 amide bonds. The van der Waals surface area contributed by atoms with Crippen LogP contribution >= 0.6 is 0 Å². The summed E-state index contributed by atoms with van der Waals surface area (Å²) in [6, 6.07) is 6.38. The predicted molar refractivity (Wildman–Crippen MR) is 68.0 cm³/mol. The van der Waals surface area contributed by atoms with Crippen LogP contribution in [-0.4, -0.2) is 35.7 Å². The Morgan fingerprint density at radius 2 is 2.11 bits per heavy atom. The lowest BCUT2D eigenvalue weighted by Gasteiger charge is -2.12. The molecule has 1 saturated heterocycles. The Labute approximate surface area is 110 Å². The van der Waals surface area contributed by atoms with Crippen LogP contribution in [0.5, 0.6) is 0 Å². The quantitative estimate of drug-likeness (QED) is 0.723. The highest BCUT2D eigenvalue weighted by atomic mass is 16.2. The lowest BCUT2D eigenvalue weighted by Crippen LogP contribution is -2.37. The number of imide groups is 1. The highest BCUT2D eigenvalue weighted by molar-refractivity contribution is 6.05. The molecule has 1 aliphatic rings. The maximum Gasteiger partial charge on any atom is 0.249 e. The fraction of sp³-hybridized carbons (Fsp3) is 0.308. The van der Waals surface area contributed by atoms with Crippen LogP contribution in [0.1, 0.15) is 22.3 Å². The van der Waals surface area contributed by atoms with E-state index in [-0.39, 0.29) is 18.2 Å². The molecule has 2 rings (SSSR count). The van der Waals surface area contributed by atoms with E-state index < -0.39 is 11.9 Å². The molecule has 6 nitrogen and oxygen atoms in total. The van der Waals surface area contributed by atoms with Crippen LogP contribution in [0.2, 0.25) is 0 Å². The Hall–Kier alpha value is -2.21. The van der Waals surface area contributed by atoms with E-state index in [1.807, 2.05) is 0 Å². The van der Waals surface area contributed by atoms with E-state index in [0.717, 1.165) is 4.90 Å². The Bertz CT molecular complexity index is 542. The van der Waals surface area contributed by atoms with Crippen molar-refractivity contribution in [1.29, 1.82) is 0 Å². The minimum Gasteiger partial charge on any atom is -0.366 e. The summed E-state index contributed by atoms with van der Waals surface area (Å²) in [5.41, 5.74) is 6.40. The number of likely N-dealkylation sites (N-methyl/N-ethyl adjacent to an activating group) is 1. The average Bonchev–Trinajstić information content (AvgIpc) is 2.64. The van der Waals surface area contributed by atoms with Crippen molar-refractivity contribution in [2.45, 2.75) is 19.0 Å². The zero-order valence-electron chi connectivity index (χ0n) is 10.6. The third kappa shape index (κ3) is 2.63. The van der Waals surface area contributed by atoms with Crippen molar-refractivity contribution in [3.05, 3.63) is 35.4 Å². The molecule has 1 unspecified atom stereocenters. The van der Waals surface area contributed by atoms with Crippen LogP contribution in [0.25, 0.3) is 0 Å². The Balaban J connectivity index is 2.06. The zero-order chi connectivity index (χ0) is 14.0. The predicted octanol–water partition coefficient (Wildman–Crippen LogP) is -0.368. The van der Waals surface area contributed by atoms with Gasteiger partial charge in [0, 0.05) is 19.2 Å². The van der Waals surface area contributed by atoms with Gasteiger partial charge in [-0.1, -0.05) is 18.2 Å². The van der Waals surface area contributed by atoms with E-state index in [1.54, 1.807) is 24.3 Å². The summed E-state index contributed by atoms with van der Waals surface area (Å²) in [5, 5.41) is 2.98. The molecular weight excluding hydrogens is 246 g/mol. The molecule has 1 aromatic carbocycles. The van der Waals surface area contributed by atoms with Gasteiger partial charge in [0.25, 0.3) is 0 Å². The van der Waals surface area contributed by atoms with Crippen molar-refractivity contribution < 1.29 is 14.4 Å². The highest BCUT2D eigenvalue weighted by Gasteiger charge is 2.35. The number of hydrogen-bond acceptors (Lipinski definition) is 4. The first kappa shape index (κ1) is 13.2. The molecule has 1 heterocycles. The second kappa shape index (κ2) is 5.19. The van der Waals surface area contributed by atoms with E-state index in [1.165, 1.54) is 7.05 Å². The van der Waals surface area contributed by atoms with Crippen LogP contribution in [0.15, 0.2) is 24.3 Å². The minimum absolute atomic E-state index is 0.147. The number of carbonyl (C=O) groups excluding carboxylic acids is 3. The zero-order valence-corrected chi connectivity index (χ0v) is 10.6. The lowest BCUT2D eigenvalue weighted by atomic mass is 10.1. The third-order valence-electron chi connectivity index (χ3n) is 3.20. The van der Waals surface area contributed by atoms with E-state index >= 15 is 0 Å². The number of likely N-dealkylation sites (tertiary alicyclic amines) is 1. The summed E-state index contributed by atoms with van der Waals surface area (Å²) in [6.45, 7) is 0.316. The van der Waals surface area contributed by atoms with Gasteiger partial charge >= 0.3 is 0 Å². The van der Waals surface area contributed by atoms with Crippen molar-refractivity contribution in [2.24, 2.45) is 5.73 Å². The molecule has 1 aromatic rings. The molecule has 100 valence electrons. The van der Waals surface area contributed by atoms with Crippen LogP contribution in [0, 0.1) is 0 Å². The maximum atomic E-state index is 11.7. The molecule has 0 bridgehead atoms. The molecule has 0 spiro atoms. The normalized spacial score (nSPS) is 19.0. The van der Waals surface area contributed by atoms with Gasteiger partial charge in [0.05, 0.1) is 12.5 Å². The molecule has 0 radical (unpaired) electrons. The average molecular weight is 261 g/mol. The number of nitrogens with one attached hydrogen (secondary N) is 1. The standard InChI is InChI=1S/C13H15N3O3/c1-16-11(17)6-10(13(16)19)15-7-8-4-2-3-5-9(8)12(14)18/h2-5,10,15H,6-7H2,1H3,(H2,14,18). The van der Waals surface area contributed by atoms with Gasteiger partial charge < -0.3 is 11.1 Å². The molecule has 6 heteroatoms. The number of hydrogen-bond donors (Lipinski definition) is 2. The number of nitrogens with zero attached hydrogens (tertiary/aromatic N) is 1. The minimum atomic E-state index is -0.529. The van der Waals surface area contributed by atoms with Gasteiger partial charge in [-0.2, -0.15) is 0 Å². The first-order chi connectivity index (χ1) is 9.00. The molecule has 0 aromatic heterocycles. The monoisotopic (exact) mass is 261 g/mol. The SMILES string of the molecule is CN1C(=O)CC(NCc2ccccc2C(N)=O)C1=O. The van der Waals surface area contributed by atoms with E-state index in [9.17, 15) is 14.4 Å². The summed E-state index contributed by atoms with van der Waals surface area (Å²) in [5.74, 6) is -0.962. The summed E-state index contributed by atoms with van der Waals surface area (Å²) in [6.07, 6.45) is 0.147. The first-order valence-electron chi connectivity index (χ1n) is 5.92. The summed E-state index contributed by atoms with van der Waals surface area (Å²) in [4.78, 5) is 35.4. The van der Waals surface area contributed by atoms with Gasteiger partial charge in [-0.15, -0.1) is 0 Å². The molecule has 3 N–H and O–H groups in total. The molecular formula is C13H15N3O3. The van der Waals surface area contributed by atoms with Crippen LogP contribution in [-0.2, 0) is 16.1 Å². The van der Waals surface area contributed by atoms with E-state index in [4.69, 9.17) is 5.73 Å².